The summed E-state index contributed by atoms with van der Waals surface area (Å²) in [5.41, 5.74) is 2.24. The standard InChI is InChI=1S/C15H18N2O/c1-13-7-8-14(17-11-13)12-16-9-10-18-15-5-3-2-4-6-15/h2-8,11,16H,9-10,12H2,1H3. The Bertz CT molecular complexity index is 454. The minimum absolute atomic E-state index is 0.663. The highest BCUT2D eigenvalue weighted by atomic mass is 16.5. The Morgan fingerprint density at radius 3 is 2.67 bits per heavy atom. The van der Waals surface area contributed by atoms with Gasteiger partial charge in [0.2, 0.25) is 0 Å². The monoisotopic (exact) mass is 242 g/mol. The summed E-state index contributed by atoms with van der Waals surface area (Å²) in [6.07, 6.45) is 1.89. The number of nitrogens with zero attached hydrogens (tertiary/aromatic N) is 1. The van der Waals surface area contributed by atoms with Crippen LogP contribution in [0.5, 0.6) is 5.75 Å². The molecular formula is C15H18N2O. The van der Waals surface area contributed by atoms with E-state index in [-0.39, 0.29) is 0 Å². The van der Waals surface area contributed by atoms with Gasteiger partial charge >= 0.3 is 0 Å². The SMILES string of the molecule is Cc1ccc(CNCCOc2ccccc2)nc1. The Morgan fingerprint density at radius 1 is 1.11 bits per heavy atom. The van der Waals surface area contributed by atoms with E-state index in [4.69, 9.17) is 4.74 Å². The van der Waals surface area contributed by atoms with Crippen molar-refractivity contribution in [2.24, 2.45) is 0 Å². The minimum atomic E-state index is 0.663. The number of hydrogen-bond donors (Lipinski definition) is 1. The zero-order valence-electron chi connectivity index (χ0n) is 10.6. The van der Waals surface area contributed by atoms with E-state index in [1.807, 2.05) is 49.5 Å². The van der Waals surface area contributed by atoms with Crippen molar-refractivity contribution in [2.45, 2.75) is 13.5 Å². The van der Waals surface area contributed by atoms with Crippen LogP contribution < -0.4 is 10.1 Å². The van der Waals surface area contributed by atoms with Gasteiger partial charge in [-0.1, -0.05) is 24.3 Å². The van der Waals surface area contributed by atoms with E-state index in [2.05, 4.69) is 16.4 Å². The van der Waals surface area contributed by atoms with E-state index in [0.29, 0.717) is 6.61 Å². The molecule has 2 rings (SSSR count). The molecule has 1 aromatic carbocycles. The van der Waals surface area contributed by atoms with E-state index < -0.39 is 0 Å². The molecule has 2 aromatic rings. The third kappa shape index (κ3) is 4.18. The smallest absolute Gasteiger partial charge is 0.119 e. The number of benzene rings is 1. The second kappa shape index (κ2) is 6.77. The predicted molar refractivity (Wildman–Crippen MR) is 72.6 cm³/mol. The molecule has 0 aliphatic rings. The Hall–Kier alpha value is -1.87. The first-order valence-electron chi connectivity index (χ1n) is 6.15. The maximum absolute atomic E-state index is 5.58. The molecule has 0 bridgehead atoms. The molecule has 0 saturated heterocycles. The highest BCUT2D eigenvalue weighted by Crippen LogP contribution is 2.07. The summed E-state index contributed by atoms with van der Waals surface area (Å²) in [4.78, 5) is 4.33. The Balaban J connectivity index is 1.63. The van der Waals surface area contributed by atoms with E-state index in [1.54, 1.807) is 0 Å². The predicted octanol–water partition coefficient (Wildman–Crippen LogP) is 2.56. The van der Waals surface area contributed by atoms with Crippen molar-refractivity contribution in [3.05, 3.63) is 59.9 Å². The number of pyridine rings is 1. The Morgan fingerprint density at radius 2 is 1.94 bits per heavy atom. The molecule has 0 aliphatic carbocycles. The molecule has 1 aromatic heterocycles. The van der Waals surface area contributed by atoms with Crippen molar-refractivity contribution in [3.63, 3.8) is 0 Å². The molecule has 0 spiro atoms. The molecule has 94 valence electrons. The summed E-state index contributed by atoms with van der Waals surface area (Å²) in [7, 11) is 0. The van der Waals surface area contributed by atoms with Gasteiger partial charge in [-0.05, 0) is 30.7 Å². The molecule has 0 atom stereocenters. The van der Waals surface area contributed by atoms with Crippen LogP contribution in [0.15, 0.2) is 48.7 Å². The van der Waals surface area contributed by atoms with Crippen LogP contribution >= 0.6 is 0 Å². The van der Waals surface area contributed by atoms with Gasteiger partial charge in [0.25, 0.3) is 0 Å². The fourth-order valence-corrected chi connectivity index (χ4v) is 1.58. The van der Waals surface area contributed by atoms with Gasteiger partial charge in [-0.15, -0.1) is 0 Å². The summed E-state index contributed by atoms with van der Waals surface area (Å²) >= 11 is 0. The number of ether oxygens (including phenoxy) is 1. The molecular weight excluding hydrogens is 224 g/mol. The molecule has 1 heterocycles. The van der Waals surface area contributed by atoms with Gasteiger partial charge in [0.15, 0.2) is 0 Å². The molecule has 0 fully saturated rings. The van der Waals surface area contributed by atoms with E-state index in [9.17, 15) is 0 Å². The number of para-hydroxylation sites is 1. The fourth-order valence-electron chi connectivity index (χ4n) is 1.58. The summed E-state index contributed by atoms with van der Waals surface area (Å²) in [5, 5.41) is 3.30. The number of rotatable bonds is 6. The van der Waals surface area contributed by atoms with Crippen LogP contribution in [0, 0.1) is 6.92 Å². The molecule has 0 radical (unpaired) electrons. The Kier molecular flexibility index (Phi) is 4.73. The number of aromatic nitrogens is 1. The van der Waals surface area contributed by atoms with Gasteiger partial charge < -0.3 is 10.1 Å². The molecule has 0 aliphatic heterocycles. The van der Waals surface area contributed by atoms with E-state index in [1.165, 1.54) is 5.56 Å². The fraction of sp³-hybridized carbons (Fsp3) is 0.267. The first kappa shape index (κ1) is 12.6. The van der Waals surface area contributed by atoms with Crippen LogP contribution in [0.25, 0.3) is 0 Å². The van der Waals surface area contributed by atoms with Crippen LogP contribution in [-0.4, -0.2) is 18.1 Å². The lowest BCUT2D eigenvalue weighted by molar-refractivity contribution is 0.313. The van der Waals surface area contributed by atoms with Crippen LogP contribution in [0.4, 0.5) is 0 Å². The number of hydrogen-bond acceptors (Lipinski definition) is 3. The van der Waals surface area contributed by atoms with Crippen molar-refractivity contribution >= 4 is 0 Å². The highest BCUT2D eigenvalue weighted by molar-refractivity contribution is 5.20. The molecule has 0 amide bonds. The lowest BCUT2D eigenvalue weighted by Crippen LogP contribution is -2.21. The topological polar surface area (TPSA) is 34.1 Å². The molecule has 0 saturated carbocycles. The first-order chi connectivity index (χ1) is 8.84. The first-order valence-corrected chi connectivity index (χ1v) is 6.15. The van der Waals surface area contributed by atoms with Crippen LogP contribution in [0.2, 0.25) is 0 Å². The lowest BCUT2D eigenvalue weighted by Gasteiger charge is -2.07. The van der Waals surface area contributed by atoms with Crippen LogP contribution in [-0.2, 0) is 6.54 Å². The van der Waals surface area contributed by atoms with Gasteiger partial charge in [0, 0.05) is 19.3 Å². The summed E-state index contributed by atoms with van der Waals surface area (Å²) in [6.45, 7) is 4.29. The zero-order valence-corrected chi connectivity index (χ0v) is 10.6. The summed E-state index contributed by atoms with van der Waals surface area (Å²) in [6, 6.07) is 14.0. The van der Waals surface area contributed by atoms with Gasteiger partial charge in [0.05, 0.1) is 5.69 Å². The van der Waals surface area contributed by atoms with Gasteiger partial charge in [-0.2, -0.15) is 0 Å². The van der Waals surface area contributed by atoms with Crippen molar-refractivity contribution in [1.82, 2.24) is 10.3 Å². The quantitative estimate of drug-likeness (QED) is 0.790. The normalized spacial score (nSPS) is 10.3. The summed E-state index contributed by atoms with van der Waals surface area (Å²) in [5.74, 6) is 0.910. The Labute approximate surface area is 108 Å². The van der Waals surface area contributed by atoms with E-state index >= 15 is 0 Å². The highest BCUT2D eigenvalue weighted by Gasteiger charge is 1.94. The average molecular weight is 242 g/mol. The molecule has 1 N–H and O–H groups in total. The van der Waals surface area contributed by atoms with Gasteiger partial charge in [-0.25, -0.2) is 0 Å². The third-order valence-electron chi connectivity index (χ3n) is 2.57. The maximum Gasteiger partial charge on any atom is 0.119 e. The van der Waals surface area contributed by atoms with Crippen molar-refractivity contribution in [1.29, 1.82) is 0 Å². The third-order valence-corrected chi connectivity index (χ3v) is 2.57. The number of aryl methyl sites for hydroxylation is 1. The lowest BCUT2D eigenvalue weighted by atomic mass is 10.3. The van der Waals surface area contributed by atoms with Gasteiger partial charge in [-0.3, -0.25) is 4.98 Å². The average Bonchev–Trinajstić information content (AvgIpc) is 2.42. The van der Waals surface area contributed by atoms with Crippen LogP contribution in [0.1, 0.15) is 11.3 Å². The molecule has 18 heavy (non-hydrogen) atoms. The minimum Gasteiger partial charge on any atom is -0.492 e. The van der Waals surface area contributed by atoms with E-state index in [0.717, 1.165) is 24.5 Å². The number of nitrogens with one attached hydrogen (secondary N) is 1. The molecule has 0 unspecified atom stereocenters. The zero-order chi connectivity index (χ0) is 12.6. The molecule has 3 heteroatoms. The second-order valence-corrected chi connectivity index (χ2v) is 4.17. The van der Waals surface area contributed by atoms with Crippen molar-refractivity contribution in [2.75, 3.05) is 13.2 Å². The van der Waals surface area contributed by atoms with Crippen molar-refractivity contribution in [3.8, 4) is 5.75 Å². The molecule has 3 nitrogen and oxygen atoms in total. The maximum atomic E-state index is 5.58. The van der Waals surface area contributed by atoms with Crippen molar-refractivity contribution < 1.29 is 4.74 Å². The second-order valence-electron chi connectivity index (χ2n) is 4.17. The summed E-state index contributed by atoms with van der Waals surface area (Å²) < 4.78 is 5.58. The van der Waals surface area contributed by atoms with Crippen LogP contribution in [0.3, 0.4) is 0 Å². The largest absolute Gasteiger partial charge is 0.492 e. The van der Waals surface area contributed by atoms with Gasteiger partial charge in [0.1, 0.15) is 12.4 Å².